The van der Waals surface area contributed by atoms with Gasteiger partial charge in [-0.3, -0.25) is 19.6 Å². The fraction of sp³-hybridized carbons (Fsp3) is 0.400. The van der Waals surface area contributed by atoms with E-state index in [2.05, 4.69) is 36.0 Å². The van der Waals surface area contributed by atoms with E-state index in [1.54, 1.807) is 19.2 Å². The molecule has 262 valence electrons. The number of urea groups is 1. The van der Waals surface area contributed by atoms with E-state index in [1.807, 2.05) is 39.4 Å². The Bertz CT molecular complexity index is 1830. The predicted octanol–water partition coefficient (Wildman–Crippen LogP) is 4.88. The van der Waals surface area contributed by atoms with Crippen molar-refractivity contribution in [2.75, 3.05) is 62.2 Å². The van der Waals surface area contributed by atoms with Gasteiger partial charge in [-0.05, 0) is 61.7 Å². The molecule has 4 aliphatic rings. The number of carbonyl (C=O) groups excluding carboxylic acids is 2. The number of aliphatic carboxylic acids is 1. The van der Waals surface area contributed by atoms with Crippen LogP contribution in [-0.2, 0) is 14.3 Å². The zero-order valence-electron chi connectivity index (χ0n) is 27.4. The number of piperazine rings is 1. The first kappa shape index (κ1) is 34.1. The van der Waals surface area contributed by atoms with Gasteiger partial charge in [-0.2, -0.15) is 0 Å². The first-order valence-electron chi connectivity index (χ1n) is 16.7. The van der Waals surface area contributed by atoms with Gasteiger partial charge in [0.05, 0.1) is 24.1 Å². The number of carboxylic acid groups (broad SMARTS) is 1. The monoisotopic (exact) mass is 765 g/mol. The summed E-state index contributed by atoms with van der Waals surface area (Å²) < 4.78 is 20.2. The summed E-state index contributed by atoms with van der Waals surface area (Å²) in [4.78, 5) is 56.0. The molecule has 4 aliphatic heterocycles. The zero-order chi connectivity index (χ0) is 34.9. The molecular formula is C35H37BrFN7O5S. The van der Waals surface area contributed by atoms with Crippen LogP contribution in [-0.4, -0.2) is 102 Å². The van der Waals surface area contributed by atoms with E-state index in [-0.39, 0.29) is 24.6 Å². The highest BCUT2D eigenvalue weighted by Crippen LogP contribution is 2.38. The molecule has 2 aromatic carbocycles. The molecule has 2 atom stereocenters. The number of carbonyl (C=O) groups is 3. The van der Waals surface area contributed by atoms with E-state index < -0.39 is 23.8 Å². The number of nitrogens with one attached hydrogen (secondary N) is 1. The van der Waals surface area contributed by atoms with Gasteiger partial charge in [0.2, 0.25) is 0 Å². The molecule has 3 fully saturated rings. The van der Waals surface area contributed by atoms with E-state index in [1.165, 1.54) is 23.5 Å². The van der Waals surface area contributed by atoms with Crippen molar-refractivity contribution in [3.63, 3.8) is 0 Å². The number of hydrogen-bond donors (Lipinski definition) is 2. The molecule has 7 rings (SSSR count). The Hall–Kier alpha value is -4.34. The lowest BCUT2D eigenvalue weighted by Gasteiger charge is -2.38. The van der Waals surface area contributed by atoms with E-state index in [9.17, 15) is 23.9 Å². The number of benzene rings is 2. The third-order valence-electron chi connectivity index (χ3n) is 9.70. The number of rotatable bonds is 9. The molecule has 50 heavy (non-hydrogen) atoms. The molecule has 15 heteroatoms. The number of amides is 2. The SMILES string of the molecule is CCOC(=O)C1=C(CN2CCN3C(=O)N(c4ccc(N5CCC(C(=O)O)CC5)cc4)CC3C2)NC(c2nccs2)=NC1c1ccc(F)cc1Br. The van der Waals surface area contributed by atoms with Crippen molar-refractivity contribution >= 4 is 62.4 Å². The maximum absolute atomic E-state index is 14.1. The van der Waals surface area contributed by atoms with Crippen LogP contribution >= 0.6 is 27.3 Å². The molecule has 2 unspecified atom stereocenters. The van der Waals surface area contributed by atoms with Crippen molar-refractivity contribution < 1.29 is 28.6 Å². The average molecular weight is 767 g/mol. The minimum absolute atomic E-state index is 0.0358. The Balaban J connectivity index is 1.10. The van der Waals surface area contributed by atoms with E-state index >= 15 is 0 Å². The molecule has 3 aromatic rings. The third kappa shape index (κ3) is 6.86. The number of esters is 1. The van der Waals surface area contributed by atoms with Crippen molar-refractivity contribution in [3.8, 4) is 0 Å². The largest absolute Gasteiger partial charge is 0.481 e. The number of anilines is 2. The van der Waals surface area contributed by atoms with E-state index in [0.29, 0.717) is 90.8 Å². The minimum Gasteiger partial charge on any atom is -0.481 e. The number of carboxylic acids is 1. The van der Waals surface area contributed by atoms with Crippen LogP contribution in [0.3, 0.4) is 0 Å². The Morgan fingerprint density at radius 1 is 1.08 bits per heavy atom. The number of aromatic nitrogens is 1. The van der Waals surface area contributed by atoms with Crippen LogP contribution in [0.25, 0.3) is 0 Å². The molecule has 0 bridgehead atoms. The van der Waals surface area contributed by atoms with Crippen LogP contribution in [0.5, 0.6) is 0 Å². The van der Waals surface area contributed by atoms with Gasteiger partial charge in [0.1, 0.15) is 11.9 Å². The van der Waals surface area contributed by atoms with Crippen molar-refractivity contribution in [2.24, 2.45) is 10.9 Å². The number of fused-ring (bicyclic) bond motifs is 1. The molecule has 3 saturated heterocycles. The Morgan fingerprint density at radius 2 is 1.84 bits per heavy atom. The number of halogens is 2. The van der Waals surface area contributed by atoms with Gasteiger partial charge in [0.25, 0.3) is 0 Å². The van der Waals surface area contributed by atoms with Gasteiger partial charge in [0.15, 0.2) is 10.8 Å². The number of thiazole rings is 1. The second-order valence-corrected chi connectivity index (χ2v) is 14.5. The van der Waals surface area contributed by atoms with Gasteiger partial charge in [0, 0.05) is 78.9 Å². The van der Waals surface area contributed by atoms with Crippen molar-refractivity contribution in [1.82, 2.24) is 20.1 Å². The number of ether oxygens (including phenoxy) is 1. The molecule has 2 amide bonds. The zero-order valence-corrected chi connectivity index (χ0v) is 29.8. The smallest absolute Gasteiger partial charge is 0.338 e. The number of aliphatic imine (C=N–C) groups is 1. The summed E-state index contributed by atoms with van der Waals surface area (Å²) in [7, 11) is 0. The first-order chi connectivity index (χ1) is 24.2. The lowest BCUT2D eigenvalue weighted by Crippen LogP contribution is -2.53. The number of hydrogen-bond acceptors (Lipinski definition) is 10. The molecule has 0 saturated carbocycles. The maximum Gasteiger partial charge on any atom is 0.338 e. The van der Waals surface area contributed by atoms with Crippen LogP contribution in [0.4, 0.5) is 20.6 Å². The molecule has 1 aromatic heterocycles. The lowest BCUT2D eigenvalue weighted by molar-refractivity contribution is -0.142. The predicted molar refractivity (Wildman–Crippen MR) is 191 cm³/mol. The number of piperidine rings is 1. The molecule has 0 radical (unpaired) electrons. The minimum atomic E-state index is -0.768. The average Bonchev–Trinajstić information content (AvgIpc) is 3.77. The summed E-state index contributed by atoms with van der Waals surface area (Å²) in [6, 6.07) is 11.4. The summed E-state index contributed by atoms with van der Waals surface area (Å²) >= 11 is 4.91. The van der Waals surface area contributed by atoms with Crippen molar-refractivity contribution in [2.45, 2.75) is 31.8 Å². The molecule has 0 spiro atoms. The van der Waals surface area contributed by atoms with Crippen LogP contribution in [0.2, 0.25) is 0 Å². The van der Waals surface area contributed by atoms with Gasteiger partial charge in [-0.25, -0.2) is 19.0 Å². The van der Waals surface area contributed by atoms with Crippen LogP contribution in [0.15, 0.2) is 74.8 Å². The quantitative estimate of drug-likeness (QED) is 0.293. The summed E-state index contributed by atoms with van der Waals surface area (Å²) in [5.74, 6) is -1.43. The van der Waals surface area contributed by atoms with E-state index in [0.717, 1.165) is 11.4 Å². The fourth-order valence-corrected chi connectivity index (χ4v) is 8.31. The van der Waals surface area contributed by atoms with Crippen molar-refractivity contribution in [3.05, 3.63) is 86.2 Å². The number of nitrogens with zero attached hydrogens (tertiary/aromatic N) is 6. The first-order valence-corrected chi connectivity index (χ1v) is 18.4. The highest BCUT2D eigenvalue weighted by Gasteiger charge is 2.42. The highest BCUT2D eigenvalue weighted by atomic mass is 79.9. The lowest BCUT2D eigenvalue weighted by atomic mass is 9.95. The summed E-state index contributed by atoms with van der Waals surface area (Å²) in [6.07, 6.45) is 2.93. The van der Waals surface area contributed by atoms with Crippen LogP contribution in [0.1, 0.15) is 36.4 Å². The van der Waals surface area contributed by atoms with Gasteiger partial charge in [-0.1, -0.05) is 22.0 Å². The Morgan fingerprint density at radius 3 is 2.52 bits per heavy atom. The van der Waals surface area contributed by atoms with Crippen molar-refractivity contribution in [1.29, 1.82) is 0 Å². The third-order valence-corrected chi connectivity index (χ3v) is 11.2. The Labute approximate surface area is 301 Å². The van der Waals surface area contributed by atoms with Gasteiger partial charge < -0.3 is 25.0 Å². The normalized spacial score (nSPS) is 21.6. The van der Waals surface area contributed by atoms with E-state index in [4.69, 9.17) is 9.73 Å². The standard InChI is InChI=1S/C35H37BrFN7O5S/c1-2-49-34(47)29-28(39-31(32-38-11-16-50-32)40-30(29)26-8-3-22(37)17-27(26)36)20-41-14-15-43-25(18-41)19-44(35(43)48)24-6-4-23(5-7-24)42-12-9-21(10-13-42)33(45)46/h3-8,11,16-17,21,25,30H,2,9-10,12-15,18-20H2,1H3,(H,39,40)(H,45,46). The molecule has 2 N–H and O–H groups in total. The molecule has 0 aliphatic carbocycles. The maximum atomic E-state index is 14.1. The summed E-state index contributed by atoms with van der Waals surface area (Å²) in [6.45, 7) is 5.91. The van der Waals surface area contributed by atoms with Crippen LogP contribution < -0.4 is 15.1 Å². The highest BCUT2D eigenvalue weighted by molar-refractivity contribution is 9.10. The molecule has 12 nitrogen and oxygen atoms in total. The summed E-state index contributed by atoms with van der Waals surface area (Å²) in [5, 5.41) is 15.2. The second kappa shape index (κ2) is 14.5. The summed E-state index contributed by atoms with van der Waals surface area (Å²) in [5.41, 5.74) is 3.43. The molecular weight excluding hydrogens is 729 g/mol. The fourth-order valence-electron chi connectivity index (χ4n) is 7.15. The Kier molecular flexibility index (Phi) is 9.89. The van der Waals surface area contributed by atoms with Crippen LogP contribution in [0, 0.1) is 11.7 Å². The molecule has 5 heterocycles. The second-order valence-electron chi connectivity index (χ2n) is 12.7. The number of amidine groups is 1. The topological polar surface area (TPSA) is 131 Å². The van der Waals surface area contributed by atoms with Gasteiger partial charge >= 0.3 is 18.0 Å². The van der Waals surface area contributed by atoms with Gasteiger partial charge in [-0.15, -0.1) is 11.3 Å².